The van der Waals surface area contributed by atoms with Gasteiger partial charge in [0.25, 0.3) is 6.43 Å². The Bertz CT molecular complexity index is 210. The van der Waals surface area contributed by atoms with Crippen molar-refractivity contribution in [1.29, 1.82) is 0 Å². The van der Waals surface area contributed by atoms with Gasteiger partial charge < -0.3 is 14.8 Å². The summed E-state index contributed by atoms with van der Waals surface area (Å²) < 4.78 is 32.6. The zero-order chi connectivity index (χ0) is 12.6. The third-order valence-corrected chi connectivity index (χ3v) is 1.97. The molecule has 0 aliphatic rings. The first-order valence-electron chi connectivity index (χ1n) is 5.05. The van der Waals surface area contributed by atoms with Crippen LogP contribution in [0.4, 0.5) is 8.78 Å². The second kappa shape index (κ2) is 7.51. The van der Waals surface area contributed by atoms with Crippen molar-refractivity contribution in [2.45, 2.75) is 20.3 Å². The Morgan fingerprint density at radius 3 is 2.56 bits per heavy atom. The average molecular weight is 239 g/mol. The van der Waals surface area contributed by atoms with Gasteiger partial charge >= 0.3 is 5.97 Å². The van der Waals surface area contributed by atoms with Crippen LogP contribution in [0.1, 0.15) is 13.8 Å². The van der Waals surface area contributed by atoms with Crippen molar-refractivity contribution in [3.05, 3.63) is 0 Å². The standard InChI is InChI=1S/C10H19F2NO3/c1-10(2,9(14)15-3)7-13-4-5-16-6-8(11)12/h8,13H,4-7H2,1-3H3. The third-order valence-electron chi connectivity index (χ3n) is 1.97. The predicted molar refractivity (Wildman–Crippen MR) is 55.5 cm³/mol. The normalized spacial score (nSPS) is 11.9. The Balaban J connectivity index is 3.54. The van der Waals surface area contributed by atoms with E-state index in [-0.39, 0.29) is 12.6 Å². The predicted octanol–water partition coefficient (Wildman–Crippen LogP) is 1.06. The van der Waals surface area contributed by atoms with E-state index in [2.05, 4.69) is 14.8 Å². The van der Waals surface area contributed by atoms with Gasteiger partial charge in [-0.25, -0.2) is 8.78 Å². The molecule has 0 aliphatic carbocycles. The smallest absolute Gasteiger partial charge is 0.312 e. The summed E-state index contributed by atoms with van der Waals surface area (Å²) in [5, 5.41) is 2.94. The van der Waals surface area contributed by atoms with E-state index in [0.29, 0.717) is 13.1 Å². The SMILES string of the molecule is COC(=O)C(C)(C)CNCCOCC(F)F. The van der Waals surface area contributed by atoms with Crippen LogP contribution < -0.4 is 5.32 Å². The molecule has 96 valence electrons. The lowest BCUT2D eigenvalue weighted by Gasteiger charge is -2.21. The van der Waals surface area contributed by atoms with Gasteiger partial charge in [0.2, 0.25) is 0 Å². The van der Waals surface area contributed by atoms with Crippen molar-refractivity contribution < 1.29 is 23.0 Å². The maximum atomic E-state index is 11.7. The van der Waals surface area contributed by atoms with E-state index < -0.39 is 18.4 Å². The Hall–Kier alpha value is -0.750. The van der Waals surface area contributed by atoms with E-state index >= 15 is 0 Å². The number of carbonyl (C=O) groups is 1. The van der Waals surface area contributed by atoms with Gasteiger partial charge in [-0.05, 0) is 13.8 Å². The fourth-order valence-electron chi connectivity index (χ4n) is 1.07. The van der Waals surface area contributed by atoms with E-state index in [4.69, 9.17) is 0 Å². The second-order valence-corrected chi connectivity index (χ2v) is 4.02. The maximum absolute atomic E-state index is 11.7. The van der Waals surface area contributed by atoms with E-state index in [9.17, 15) is 13.6 Å². The molecule has 0 unspecified atom stereocenters. The number of hydrogen-bond acceptors (Lipinski definition) is 4. The zero-order valence-electron chi connectivity index (χ0n) is 9.89. The largest absolute Gasteiger partial charge is 0.469 e. The summed E-state index contributed by atoms with van der Waals surface area (Å²) in [5.41, 5.74) is -0.628. The van der Waals surface area contributed by atoms with Gasteiger partial charge in [-0.15, -0.1) is 0 Å². The van der Waals surface area contributed by atoms with Crippen molar-refractivity contribution >= 4 is 5.97 Å². The van der Waals surface area contributed by atoms with Crippen molar-refractivity contribution in [3.8, 4) is 0 Å². The molecule has 0 spiro atoms. The van der Waals surface area contributed by atoms with E-state index in [1.165, 1.54) is 7.11 Å². The minimum absolute atomic E-state index is 0.196. The Labute approximate surface area is 94.3 Å². The van der Waals surface area contributed by atoms with E-state index in [1.54, 1.807) is 13.8 Å². The van der Waals surface area contributed by atoms with Crippen molar-refractivity contribution in [3.63, 3.8) is 0 Å². The summed E-state index contributed by atoms with van der Waals surface area (Å²) in [6.45, 7) is 3.96. The van der Waals surface area contributed by atoms with Gasteiger partial charge in [-0.3, -0.25) is 4.79 Å². The highest BCUT2D eigenvalue weighted by Gasteiger charge is 2.27. The molecule has 0 radical (unpaired) electrons. The van der Waals surface area contributed by atoms with Crippen LogP contribution in [0.25, 0.3) is 0 Å². The highest BCUT2D eigenvalue weighted by atomic mass is 19.3. The number of rotatable bonds is 8. The van der Waals surface area contributed by atoms with Gasteiger partial charge in [-0.1, -0.05) is 0 Å². The summed E-state index contributed by atoms with van der Waals surface area (Å²) in [6, 6.07) is 0. The molecular weight excluding hydrogens is 220 g/mol. The lowest BCUT2D eigenvalue weighted by atomic mass is 9.94. The van der Waals surface area contributed by atoms with Gasteiger partial charge in [0, 0.05) is 13.1 Å². The Kier molecular flexibility index (Phi) is 7.16. The van der Waals surface area contributed by atoms with Crippen LogP contribution in [0.3, 0.4) is 0 Å². The Morgan fingerprint density at radius 1 is 1.44 bits per heavy atom. The topological polar surface area (TPSA) is 47.6 Å². The summed E-state index contributed by atoms with van der Waals surface area (Å²) >= 11 is 0. The first-order valence-corrected chi connectivity index (χ1v) is 5.05. The molecule has 1 N–H and O–H groups in total. The third kappa shape index (κ3) is 6.68. The van der Waals surface area contributed by atoms with Crippen LogP contribution in [0, 0.1) is 5.41 Å². The zero-order valence-corrected chi connectivity index (χ0v) is 9.89. The first-order chi connectivity index (χ1) is 7.40. The molecule has 0 saturated carbocycles. The summed E-state index contributed by atoms with van der Waals surface area (Å²) in [6.07, 6.45) is -2.44. The maximum Gasteiger partial charge on any atom is 0.312 e. The minimum Gasteiger partial charge on any atom is -0.469 e. The molecule has 0 amide bonds. The second-order valence-electron chi connectivity index (χ2n) is 4.02. The molecule has 0 rings (SSSR count). The number of halogens is 2. The molecule has 0 atom stereocenters. The van der Waals surface area contributed by atoms with Crippen molar-refractivity contribution in [2.75, 3.05) is 33.4 Å². The van der Waals surface area contributed by atoms with Gasteiger partial charge in [0.05, 0.1) is 19.1 Å². The highest BCUT2D eigenvalue weighted by Crippen LogP contribution is 2.14. The molecule has 0 heterocycles. The first kappa shape index (κ1) is 15.2. The molecule has 0 saturated heterocycles. The summed E-state index contributed by atoms with van der Waals surface area (Å²) in [7, 11) is 1.33. The van der Waals surface area contributed by atoms with Gasteiger partial charge in [-0.2, -0.15) is 0 Å². The molecule has 0 bridgehead atoms. The lowest BCUT2D eigenvalue weighted by Crippen LogP contribution is -2.38. The molecule has 0 fully saturated rings. The number of methoxy groups -OCH3 is 1. The van der Waals surface area contributed by atoms with E-state index in [0.717, 1.165) is 0 Å². The number of alkyl halides is 2. The van der Waals surface area contributed by atoms with Gasteiger partial charge in [0.1, 0.15) is 6.61 Å². The average Bonchev–Trinajstić information content (AvgIpc) is 2.21. The van der Waals surface area contributed by atoms with Crippen LogP contribution in [0.2, 0.25) is 0 Å². The fourth-order valence-corrected chi connectivity index (χ4v) is 1.07. The summed E-state index contributed by atoms with van der Waals surface area (Å²) in [4.78, 5) is 11.3. The van der Waals surface area contributed by atoms with Crippen LogP contribution >= 0.6 is 0 Å². The van der Waals surface area contributed by atoms with Crippen LogP contribution in [-0.4, -0.2) is 45.8 Å². The molecule has 0 aromatic carbocycles. The van der Waals surface area contributed by atoms with Crippen LogP contribution in [-0.2, 0) is 14.3 Å². The highest BCUT2D eigenvalue weighted by molar-refractivity contribution is 5.75. The minimum atomic E-state index is -2.44. The molecule has 6 heteroatoms. The van der Waals surface area contributed by atoms with Crippen LogP contribution in [0.5, 0.6) is 0 Å². The number of hydrogen-bond donors (Lipinski definition) is 1. The van der Waals surface area contributed by atoms with Gasteiger partial charge in [0.15, 0.2) is 0 Å². The fraction of sp³-hybridized carbons (Fsp3) is 0.900. The van der Waals surface area contributed by atoms with Crippen LogP contribution in [0.15, 0.2) is 0 Å². The van der Waals surface area contributed by atoms with E-state index in [1.807, 2.05) is 0 Å². The Morgan fingerprint density at radius 2 is 2.06 bits per heavy atom. The molecule has 0 aromatic heterocycles. The molecular formula is C10H19F2NO3. The monoisotopic (exact) mass is 239 g/mol. The lowest BCUT2D eigenvalue weighted by molar-refractivity contribution is -0.150. The molecule has 0 aromatic rings. The van der Waals surface area contributed by atoms with Crippen molar-refractivity contribution in [2.24, 2.45) is 5.41 Å². The molecule has 0 aliphatic heterocycles. The quantitative estimate of drug-likeness (QED) is 0.508. The number of carbonyl (C=O) groups excluding carboxylic acids is 1. The number of esters is 1. The number of ether oxygens (including phenoxy) is 2. The molecule has 4 nitrogen and oxygen atoms in total. The van der Waals surface area contributed by atoms with Crippen molar-refractivity contribution in [1.82, 2.24) is 5.32 Å². The number of nitrogens with one attached hydrogen (secondary N) is 1. The summed E-state index contributed by atoms with van der Waals surface area (Å²) in [5.74, 6) is -0.312. The molecule has 16 heavy (non-hydrogen) atoms.